The Kier molecular flexibility index (Phi) is 5.20. The van der Waals surface area contributed by atoms with Crippen molar-refractivity contribution in [2.24, 2.45) is 0 Å². The average Bonchev–Trinajstić information content (AvgIpc) is 2.37. The van der Waals surface area contributed by atoms with Gasteiger partial charge in [0.15, 0.2) is 0 Å². The van der Waals surface area contributed by atoms with E-state index in [1.54, 1.807) is 0 Å². The maximum Gasteiger partial charge on any atom is 0.131 e. The third kappa shape index (κ3) is 4.62. The van der Waals surface area contributed by atoms with Crippen LogP contribution in [-0.2, 0) is 0 Å². The first-order valence-corrected chi connectivity index (χ1v) is 8.72. The Bertz CT molecular complexity index is 471. The minimum atomic E-state index is 0.235. The highest BCUT2D eigenvalue weighted by molar-refractivity contribution is 8.00. The highest BCUT2D eigenvalue weighted by atomic mass is 32.2. The van der Waals surface area contributed by atoms with Crippen LogP contribution in [0.25, 0.3) is 0 Å². The van der Waals surface area contributed by atoms with Crippen LogP contribution in [0.5, 0.6) is 0 Å². The molecule has 1 aromatic rings. The Morgan fingerprint density at radius 2 is 1.76 bits per heavy atom. The standard InChI is InChI=1S/C17H29N3S/c1-13(2)19-7-9-20(10-8-19)16-14(3)11-15(12-18-16)21-17(4,5)6/h11-13H,7-10H2,1-6H3. The second-order valence-corrected chi connectivity index (χ2v) is 9.04. The molecule has 4 heteroatoms. The molecule has 1 aliphatic heterocycles. The fourth-order valence-corrected chi connectivity index (χ4v) is 3.78. The molecule has 0 bridgehead atoms. The Morgan fingerprint density at radius 1 is 1.14 bits per heavy atom. The fourth-order valence-electron chi connectivity index (χ4n) is 2.73. The summed E-state index contributed by atoms with van der Waals surface area (Å²) >= 11 is 1.89. The van der Waals surface area contributed by atoms with E-state index in [-0.39, 0.29) is 4.75 Å². The zero-order valence-corrected chi connectivity index (χ0v) is 15.1. The Labute approximate surface area is 134 Å². The molecule has 0 radical (unpaired) electrons. The van der Waals surface area contributed by atoms with Gasteiger partial charge in [-0.15, -0.1) is 11.8 Å². The molecule has 1 aliphatic rings. The van der Waals surface area contributed by atoms with Gasteiger partial charge in [0.2, 0.25) is 0 Å². The normalized spacial score (nSPS) is 17.6. The highest BCUT2D eigenvalue weighted by Gasteiger charge is 2.21. The summed E-state index contributed by atoms with van der Waals surface area (Å²) in [5, 5.41) is 0. The number of rotatable bonds is 3. The molecule has 0 spiro atoms. The molecule has 0 aliphatic carbocycles. The Morgan fingerprint density at radius 3 is 2.24 bits per heavy atom. The van der Waals surface area contributed by atoms with Crippen LogP contribution in [0.4, 0.5) is 5.82 Å². The summed E-state index contributed by atoms with van der Waals surface area (Å²) in [6, 6.07) is 2.93. The lowest BCUT2D eigenvalue weighted by atomic mass is 10.2. The summed E-state index contributed by atoms with van der Waals surface area (Å²) in [6.45, 7) is 17.9. The van der Waals surface area contributed by atoms with Gasteiger partial charge in [-0.1, -0.05) is 20.8 Å². The predicted octanol–water partition coefficient (Wildman–Crippen LogP) is 3.81. The molecule has 0 N–H and O–H groups in total. The number of aryl methyl sites for hydroxylation is 1. The van der Waals surface area contributed by atoms with Gasteiger partial charge < -0.3 is 4.90 Å². The van der Waals surface area contributed by atoms with E-state index in [1.165, 1.54) is 10.5 Å². The van der Waals surface area contributed by atoms with Gasteiger partial charge in [0.05, 0.1) is 0 Å². The first kappa shape index (κ1) is 16.6. The minimum Gasteiger partial charge on any atom is -0.354 e. The van der Waals surface area contributed by atoms with E-state index in [0.29, 0.717) is 6.04 Å². The van der Waals surface area contributed by atoms with Crippen LogP contribution in [0.3, 0.4) is 0 Å². The molecule has 0 saturated carbocycles. The van der Waals surface area contributed by atoms with Crippen LogP contribution in [0, 0.1) is 6.92 Å². The summed E-state index contributed by atoms with van der Waals surface area (Å²) in [7, 11) is 0. The number of pyridine rings is 1. The van der Waals surface area contributed by atoms with Crippen LogP contribution in [0.1, 0.15) is 40.2 Å². The van der Waals surface area contributed by atoms with Gasteiger partial charge in [-0.3, -0.25) is 4.90 Å². The first-order valence-electron chi connectivity index (χ1n) is 7.91. The average molecular weight is 308 g/mol. The predicted molar refractivity (Wildman–Crippen MR) is 93.5 cm³/mol. The number of hydrogen-bond donors (Lipinski definition) is 0. The van der Waals surface area contributed by atoms with E-state index >= 15 is 0 Å². The monoisotopic (exact) mass is 307 g/mol. The van der Waals surface area contributed by atoms with Crippen molar-refractivity contribution in [1.82, 2.24) is 9.88 Å². The van der Waals surface area contributed by atoms with Gasteiger partial charge in [0.1, 0.15) is 5.82 Å². The Balaban J connectivity index is 2.05. The summed E-state index contributed by atoms with van der Waals surface area (Å²) in [5.74, 6) is 1.16. The molecule has 1 saturated heterocycles. The summed E-state index contributed by atoms with van der Waals surface area (Å²) < 4.78 is 0.235. The van der Waals surface area contributed by atoms with Crippen molar-refractivity contribution in [2.75, 3.05) is 31.1 Å². The molecule has 2 rings (SSSR count). The molecule has 0 unspecified atom stereocenters. The molecule has 118 valence electrons. The minimum absolute atomic E-state index is 0.235. The van der Waals surface area contributed by atoms with Crippen molar-refractivity contribution in [3.05, 3.63) is 17.8 Å². The summed E-state index contributed by atoms with van der Waals surface area (Å²) in [6.07, 6.45) is 2.03. The third-order valence-corrected chi connectivity index (χ3v) is 4.87. The van der Waals surface area contributed by atoms with Gasteiger partial charge in [0.25, 0.3) is 0 Å². The molecule has 1 fully saturated rings. The van der Waals surface area contributed by atoms with Crippen LogP contribution < -0.4 is 4.90 Å². The lowest BCUT2D eigenvalue weighted by Crippen LogP contribution is -2.49. The van der Waals surface area contributed by atoms with Gasteiger partial charge in [-0.25, -0.2) is 4.98 Å². The quantitative estimate of drug-likeness (QED) is 0.791. The topological polar surface area (TPSA) is 19.4 Å². The number of piperazine rings is 1. The molecule has 3 nitrogen and oxygen atoms in total. The van der Waals surface area contributed by atoms with Crippen molar-refractivity contribution < 1.29 is 0 Å². The molecular weight excluding hydrogens is 278 g/mol. The van der Waals surface area contributed by atoms with Crippen molar-refractivity contribution in [3.63, 3.8) is 0 Å². The van der Waals surface area contributed by atoms with E-state index in [9.17, 15) is 0 Å². The van der Waals surface area contributed by atoms with E-state index in [2.05, 4.69) is 57.4 Å². The van der Waals surface area contributed by atoms with E-state index in [1.807, 2.05) is 18.0 Å². The molecular formula is C17H29N3S. The third-order valence-electron chi connectivity index (χ3n) is 3.79. The Hall–Kier alpha value is -0.740. The second kappa shape index (κ2) is 6.57. The maximum absolute atomic E-state index is 4.74. The summed E-state index contributed by atoms with van der Waals surface area (Å²) in [4.78, 5) is 11.0. The van der Waals surface area contributed by atoms with Crippen LogP contribution >= 0.6 is 11.8 Å². The highest BCUT2D eigenvalue weighted by Crippen LogP contribution is 2.33. The number of thioether (sulfide) groups is 1. The lowest BCUT2D eigenvalue weighted by Gasteiger charge is -2.38. The zero-order chi connectivity index (χ0) is 15.6. The summed E-state index contributed by atoms with van der Waals surface area (Å²) in [5.41, 5.74) is 1.29. The van der Waals surface area contributed by atoms with Crippen molar-refractivity contribution in [2.45, 2.75) is 57.2 Å². The number of aromatic nitrogens is 1. The van der Waals surface area contributed by atoms with E-state index in [4.69, 9.17) is 4.98 Å². The van der Waals surface area contributed by atoms with Crippen molar-refractivity contribution in [1.29, 1.82) is 0 Å². The van der Waals surface area contributed by atoms with Crippen molar-refractivity contribution in [3.8, 4) is 0 Å². The molecule has 0 atom stereocenters. The van der Waals surface area contributed by atoms with Crippen molar-refractivity contribution >= 4 is 17.6 Å². The molecule has 1 aromatic heterocycles. The number of hydrogen-bond acceptors (Lipinski definition) is 4. The smallest absolute Gasteiger partial charge is 0.131 e. The molecule has 0 aromatic carbocycles. The first-order chi connectivity index (χ1) is 9.76. The largest absolute Gasteiger partial charge is 0.354 e. The van der Waals surface area contributed by atoms with Crippen LogP contribution in [0.15, 0.2) is 17.2 Å². The fraction of sp³-hybridized carbons (Fsp3) is 0.706. The zero-order valence-electron chi connectivity index (χ0n) is 14.3. The van der Waals surface area contributed by atoms with E-state index in [0.717, 1.165) is 32.0 Å². The number of nitrogens with zero attached hydrogens (tertiary/aromatic N) is 3. The van der Waals surface area contributed by atoms with Gasteiger partial charge in [-0.2, -0.15) is 0 Å². The van der Waals surface area contributed by atoms with Gasteiger partial charge >= 0.3 is 0 Å². The molecule has 0 amide bonds. The van der Waals surface area contributed by atoms with Crippen LogP contribution in [-0.4, -0.2) is 46.9 Å². The second-order valence-electron chi connectivity index (χ2n) is 7.14. The van der Waals surface area contributed by atoms with Gasteiger partial charge in [-0.05, 0) is 32.4 Å². The SMILES string of the molecule is Cc1cc(SC(C)(C)C)cnc1N1CCN(C(C)C)CC1. The maximum atomic E-state index is 4.74. The molecule has 21 heavy (non-hydrogen) atoms. The molecule has 2 heterocycles. The van der Waals surface area contributed by atoms with Crippen LogP contribution in [0.2, 0.25) is 0 Å². The van der Waals surface area contributed by atoms with E-state index < -0.39 is 0 Å². The lowest BCUT2D eigenvalue weighted by molar-refractivity contribution is 0.209. The van der Waals surface area contributed by atoms with Gasteiger partial charge in [0, 0.05) is 48.1 Å². The number of anilines is 1.